The van der Waals surface area contributed by atoms with E-state index in [-0.39, 0.29) is 17.4 Å². The molecule has 1 aliphatic heterocycles. The van der Waals surface area contributed by atoms with E-state index in [4.69, 9.17) is 11.6 Å². The van der Waals surface area contributed by atoms with E-state index in [0.29, 0.717) is 25.9 Å². The summed E-state index contributed by atoms with van der Waals surface area (Å²) in [7, 11) is 0. The molecule has 0 radical (unpaired) electrons. The van der Waals surface area contributed by atoms with E-state index in [1.54, 1.807) is 6.92 Å². The number of halogens is 3. The summed E-state index contributed by atoms with van der Waals surface area (Å²) in [4.78, 5) is 25.9. The smallest absolute Gasteiger partial charge is 0.318 e. The van der Waals surface area contributed by atoms with E-state index in [1.165, 1.54) is 11.0 Å². The van der Waals surface area contributed by atoms with Crippen LogP contribution in [0.15, 0.2) is 24.3 Å². The Morgan fingerprint density at radius 2 is 2.12 bits per heavy atom. The maximum absolute atomic E-state index is 14.5. The molecule has 1 saturated carbocycles. The average Bonchev–Trinajstić information content (AvgIpc) is 2.58. The summed E-state index contributed by atoms with van der Waals surface area (Å²) in [6.45, 7) is 6.22. The third-order valence-corrected chi connectivity index (χ3v) is 5.36. The SMILES string of the molecule is C=C1CC([C@H](NC(=O)N2CCNC(=O)[C@H]2C)c2ccc(F)c(Cl)c2F)C1. The van der Waals surface area contributed by atoms with E-state index in [9.17, 15) is 18.4 Å². The zero-order valence-corrected chi connectivity index (χ0v) is 15.1. The van der Waals surface area contributed by atoms with Gasteiger partial charge in [-0.1, -0.05) is 29.8 Å². The summed E-state index contributed by atoms with van der Waals surface area (Å²) in [5.74, 6) is -2.02. The van der Waals surface area contributed by atoms with Crippen molar-refractivity contribution in [2.24, 2.45) is 5.92 Å². The molecule has 26 heavy (non-hydrogen) atoms. The summed E-state index contributed by atoms with van der Waals surface area (Å²) >= 11 is 5.71. The van der Waals surface area contributed by atoms with Gasteiger partial charge in [0.1, 0.15) is 22.7 Å². The van der Waals surface area contributed by atoms with Gasteiger partial charge in [-0.15, -0.1) is 0 Å². The molecule has 1 aromatic carbocycles. The summed E-state index contributed by atoms with van der Waals surface area (Å²) in [5.41, 5.74) is 1.14. The Morgan fingerprint density at radius 1 is 1.42 bits per heavy atom. The maximum Gasteiger partial charge on any atom is 0.318 e. The van der Waals surface area contributed by atoms with Gasteiger partial charge in [-0.05, 0) is 31.7 Å². The lowest BCUT2D eigenvalue weighted by Crippen LogP contribution is -2.59. The molecule has 0 aromatic heterocycles. The molecular formula is C18H20ClF2N3O2. The highest BCUT2D eigenvalue weighted by atomic mass is 35.5. The first-order valence-electron chi connectivity index (χ1n) is 8.44. The number of benzene rings is 1. The van der Waals surface area contributed by atoms with Gasteiger partial charge in [0.15, 0.2) is 0 Å². The quantitative estimate of drug-likeness (QED) is 0.622. The van der Waals surface area contributed by atoms with Crippen LogP contribution in [0, 0.1) is 17.6 Å². The van der Waals surface area contributed by atoms with Crippen LogP contribution in [0.3, 0.4) is 0 Å². The Labute approximate surface area is 155 Å². The zero-order chi connectivity index (χ0) is 19.0. The number of nitrogens with zero attached hydrogens (tertiary/aromatic N) is 1. The number of nitrogens with one attached hydrogen (secondary N) is 2. The van der Waals surface area contributed by atoms with Gasteiger partial charge in [0.05, 0.1) is 6.04 Å². The number of rotatable bonds is 3. The van der Waals surface area contributed by atoms with Gasteiger partial charge >= 0.3 is 6.03 Å². The van der Waals surface area contributed by atoms with Crippen LogP contribution in [0.5, 0.6) is 0 Å². The monoisotopic (exact) mass is 383 g/mol. The predicted molar refractivity (Wildman–Crippen MR) is 93.7 cm³/mol. The van der Waals surface area contributed by atoms with Crippen molar-refractivity contribution >= 4 is 23.5 Å². The number of carbonyl (C=O) groups is 2. The molecule has 0 bridgehead atoms. The Kier molecular flexibility index (Phi) is 5.18. The first-order chi connectivity index (χ1) is 12.3. The molecule has 3 rings (SSSR count). The molecule has 1 heterocycles. The van der Waals surface area contributed by atoms with Crippen LogP contribution >= 0.6 is 11.6 Å². The fourth-order valence-electron chi connectivity index (χ4n) is 3.42. The molecule has 1 saturated heterocycles. The first kappa shape index (κ1) is 18.6. The van der Waals surface area contributed by atoms with Crippen LogP contribution in [-0.2, 0) is 4.79 Å². The second-order valence-corrected chi connectivity index (χ2v) is 7.15. The molecule has 2 fully saturated rings. The molecule has 3 amide bonds. The van der Waals surface area contributed by atoms with Gasteiger partial charge in [0, 0.05) is 18.7 Å². The molecule has 8 heteroatoms. The number of hydrogen-bond acceptors (Lipinski definition) is 2. The fourth-order valence-corrected chi connectivity index (χ4v) is 3.60. The molecule has 0 unspecified atom stereocenters. The van der Waals surface area contributed by atoms with Crippen molar-refractivity contribution in [3.8, 4) is 0 Å². The van der Waals surface area contributed by atoms with E-state index in [0.717, 1.165) is 11.6 Å². The molecule has 1 aliphatic carbocycles. The number of carbonyl (C=O) groups excluding carboxylic acids is 2. The summed E-state index contributed by atoms with van der Waals surface area (Å²) in [6.07, 6.45) is 1.27. The van der Waals surface area contributed by atoms with Crippen molar-refractivity contribution in [1.29, 1.82) is 0 Å². The topological polar surface area (TPSA) is 61.4 Å². The minimum Gasteiger partial charge on any atom is -0.353 e. The van der Waals surface area contributed by atoms with Crippen molar-refractivity contribution in [3.05, 3.63) is 46.5 Å². The Morgan fingerprint density at radius 3 is 2.77 bits per heavy atom. The molecule has 2 aliphatic rings. The van der Waals surface area contributed by atoms with Gasteiger partial charge in [-0.3, -0.25) is 4.79 Å². The predicted octanol–water partition coefficient (Wildman–Crippen LogP) is 3.16. The van der Waals surface area contributed by atoms with Crippen LogP contribution in [0.25, 0.3) is 0 Å². The number of amides is 3. The van der Waals surface area contributed by atoms with Crippen LogP contribution < -0.4 is 10.6 Å². The molecule has 2 atom stereocenters. The lowest BCUT2D eigenvalue weighted by atomic mass is 9.74. The lowest BCUT2D eigenvalue weighted by Gasteiger charge is -2.39. The maximum atomic E-state index is 14.5. The van der Waals surface area contributed by atoms with Crippen molar-refractivity contribution in [2.45, 2.75) is 31.8 Å². The van der Waals surface area contributed by atoms with Crippen LogP contribution in [-0.4, -0.2) is 36.0 Å². The second-order valence-electron chi connectivity index (χ2n) is 6.77. The third-order valence-electron chi connectivity index (χ3n) is 5.01. The Balaban J connectivity index is 1.86. The Bertz CT molecular complexity index is 763. The number of piperazine rings is 1. The van der Waals surface area contributed by atoms with Gasteiger partial charge in [0.2, 0.25) is 5.91 Å². The molecule has 2 N–H and O–H groups in total. The average molecular weight is 384 g/mol. The van der Waals surface area contributed by atoms with Gasteiger partial charge in [-0.2, -0.15) is 0 Å². The minimum absolute atomic E-state index is 0.0589. The van der Waals surface area contributed by atoms with E-state index in [1.807, 2.05) is 0 Å². The van der Waals surface area contributed by atoms with Gasteiger partial charge in [-0.25, -0.2) is 13.6 Å². The van der Waals surface area contributed by atoms with Crippen molar-refractivity contribution < 1.29 is 18.4 Å². The Hall–Kier alpha value is -2.15. The molecule has 140 valence electrons. The highest BCUT2D eigenvalue weighted by Gasteiger charge is 2.37. The standard InChI is InChI=1S/C18H20ClF2N3O2/c1-9-7-11(8-9)16(12-3-4-13(20)14(19)15(12)21)23-18(26)24-6-5-22-17(25)10(24)2/h3-4,10-11,16H,1,5-8H2,2H3,(H,22,25)(H,23,26)/t10-,16+/m1/s1. The fraction of sp³-hybridized carbons (Fsp3) is 0.444. The van der Waals surface area contributed by atoms with Crippen molar-refractivity contribution in [3.63, 3.8) is 0 Å². The normalized spacial score (nSPS) is 21.8. The number of urea groups is 1. The van der Waals surface area contributed by atoms with E-state index >= 15 is 0 Å². The summed E-state index contributed by atoms with van der Waals surface area (Å²) in [5, 5.41) is 4.90. The largest absolute Gasteiger partial charge is 0.353 e. The van der Waals surface area contributed by atoms with Crippen molar-refractivity contribution in [2.75, 3.05) is 13.1 Å². The highest BCUT2D eigenvalue weighted by Crippen LogP contribution is 2.42. The van der Waals surface area contributed by atoms with Crippen LogP contribution in [0.1, 0.15) is 31.4 Å². The van der Waals surface area contributed by atoms with Crippen LogP contribution in [0.2, 0.25) is 5.02 Å². The van der Waals surface area contributed by atoms with E-state index < -0.39 is 34.8 Å². The zero-order valence-electron chi connectivity index (χ0n) is 14.3. The lowest BCUT2D eigenvalue weighted by molar-refractivity contribution is -0.126. The molecule has 1 aromatic rings. The number of hydrogen-bond donors (Lipinski definition) is 2. The highest BCUT2D eigenvalue weighted by molar-refractivity contribution is 6.31. The third kappa shape index (κ3) is 3.40. The van der Waals surface area contributed by atoms with Gasteiger partial charge < -0.3 is 15.5 Å². The first-order valence-corrected chi connectivity index (χ1v) is 8.82. The summed E-state index contributed by atoms with van der Waals surface area (Å²) < 4.78 is 28.0. The van der Waals surface area contributed by atoms with Crippen LogP contribution in [0.4, 0.5) is 13.6 Å². The molecular weight excluding hydrogens is 364 g/mol. The molecule has 0 spiro atoms. The van der Waals surface area contributed by atoms with Crippen molar-refractivity contribution in [1.82, 2.24) is 15.5 Å². The molecule has 5 nitrogen and oxygen atoms in total. The van der Waals surface area contributed by atoms with Gasteiger partial charge in [0.25, 0.3) is 0 Å². The minimum atomic E-state index is -0.876. The second kappa shape index (κ2) is 7.23. The van der Waals surface area contributed by atoms with E-state index in [2.05, 4.69) is 17.2 Å². The number of allylic oxidation sites excluding steroid dienone is 1. The summed E-state index contributed by atoms with van der Waals surface area (Å²) in [6, 6.07) is 0.625.